The zero-order valence-electron chi connectivity index (χ0n) is 17.4. The molecule has 1 aliphatic rings. The second-order valence-corrected chi connectivity index (χ2v) is 7.94. The number of benzene rings is 2. The molecule has 0 aliphatic carbocycles. The number of nitrogens with zero attached hydrogens (tertiary/aromatic N) is 2. The maximum Gasteiger partial charge on any atom is 0.273 e. The van der Waals surface area contributed by atoms with Gasteiger partial charge in [-0.05, 0) is 35.6 Å². The minimum Gasteiger partial charge on any atom is -0.478 e. The highest BCUT2D eigenvalue weighted by molar-refractivity contribution is 6.06. The van der Waals surface area contributed by atoms with Crippen molar-refractivity contribution in [2.24, 2.45) is 5.92 Å². The third-order valence-electron chi connectivity index (χ3n) is 4.98. The first kappa shape index (κ1) is 21.3. The third kappa shape index (κ3) is 4.42. The van der Waals surface area contributed by atoms with Crippen molar-refractivity contribution in [2.45, 2.75) is 39.7 Å². The molecule has 30 heavy (non-hydrogen) atoms. The predicted octanol–water partition coefficient (Wildman–Crippen LogP) is 4.11. The highest BCUT2D eigenvalue weighted by atomic mass is 16.6. The number of nitro benzene ring substituents is 1. The van der Waals surface area contributed by atoms with Crippen molar-refractivity contribution in [3.05, 3.63) is 58.1 Å². The van der Waals surface area contributed by atoms with Crippen LogP contribution in [-0.4, -0.2) is 29.4 Å². The summed E-state index contributed by atoms with van der Waals surface area (Å²) in [4.78, 5) is 37.5. The van der Waals surface area contributed by atoms with Gasteiger partial charge in [-0.15, -0.1) is 0 Å². The van der Waals surface area contributed by atoms with Gasteiger partial charge in [0.1, 0.15) is 6.54 Å². The number of hydrogen-bond acceptors (Lipinski definition) is 5. The minimum absolute atomic E-state index is 0.139. The monoisotopic (exact) mass is 411 g/mol. The average molecular weight is 411 g/mol. The summed E-state index contributed by atoms with van der Waals surface area (Å²) < 4.78 is 5.73. The number of rotatable bonds is 6. The lowest BCUT2D eigenvalue weighted by Gasteiger charge is -2.35. The summed E-state index contributed by atoms with van der Waals surface area (Å²) in [5, 5.41) is 13.9. The zero-order chi connectivity index (χ0) is 22.0. The molecule has 2 aromatic rings. The summed E-state index contributed by atoms with van der Waals surface area (Å²) in [6, 6.07) is 11.6. The number of carbonyl (C=O) groups excluding carboxylic acids is 2. The van der Waals surface area contributed by atoms with E-state index in [1.165, 1.54) is 23.1 Å². The van der Waals surface area contributed by atoms with Crippen LogP contribution in [0.4, 0.5) is 17.1 Å². The first-order valence-corrected chi connectivity index (χ1v) is 9.83. The van der Waals surface area contributed by atoms with Gasteiger partial charge in [0.25, 0.3) is 11.6 Å². The number of hydrogen-bond donors (Lipinski definition) is 1. The molecule has 2 amide bonds. The van der Waals surface area contributed by atoms with E-state index in [9.17, 15) is 19.7 Å². The fraction of sp³-hybridized carbons (Fsp3) is 0.364. The zero-order valence-corrected chi connectivity index (χ0v) is 17.4. The topological polar surface area (TPSA) is 102 Å². The Morgan fingerprint density at radius 3 is 2.40 bits per heavy atom. The van der Waals surface area contributed by atoms with Crippen LogP contribution in [0, 0.1) is 16.0 Å². The molecule has 0 bridgehead atoms. The van der Waals surface area contributed by atoms with Crippen LogP contribution in [0.15, 0.2) is 42.5 Å². The quantitative estimate of drug-likeness (QED) is 0.569. The number of carbonyl (C=O) groups is 2. The highest BCUT2D eigenvalue weighted by Gasteiger charge is 2.38. The second kappa shape index (κ2) is 8.52. The van der Waals surface area contributed by atoms with Crippen LogP contribution in [0.1, 0.15) is 39.2 Å². The van der Waals surface area contributed by atoms with Gasteiger partial charge in [-0.3, -0.25) is 24.6 Å². The van der Waals surface area contributed by atoms with E-state index in [4.69, 9.17) is 4.74 Å². The van der Waals surface area contributed by atoms with E-state index in [-0.39, 0.29) is 35.7 Å². The van der Waals surface area contributed by atoms with Crippen molar-refractivity contribution in [3.8, 4) is 5.75 Å². The fourth-order valence-corrected chi connectivity index (χ4v) is 3.27. The number of nitrogens with one attached hydrogen (secondary N) is 1. The van der Waals surface area contributed by atoms with Gasteiger partial charge in [-0.2, -0.15) is 0 Å². The molecule has 8 nitrogen and oxygen atoms in total. The van der Waals surface area contributed by atoms with E-state index in [1.807, 2.05) is 38.1 Å². The average Bonchev–Trinajstić information content (AvgIpc) is 2.69. The lowest BCUT2D eigenvalue weighted by molar-refractivity contribution is -0.384. The molecule has 8 heteroatoms. The van der Waals surface area contributed by atoms with E-state index in [2.05, 4.69) is 19.2 Å². The van der Waals surface area contributed by atoms with Crippen LogP contribution >= 0.6 is 0 Å². The number of ether oxygens (including phenoxy) is 1. The third-order valence-corrected chi connectivity index (χ3v) is 4.98. The molecule has 0 spiro atoms. The Hall–Kier alpha value is -3.42. The van der Waals surface area contributed by atoms with Gasteiger partial charge < -0.3 is 10.1 Å². The molecule has 1 aliphatic heterocycles. The van der Waals surface area contributed by atoms with Gasteiger partial charge in [0.15, 0.2) is 11.9 Å². The Morgan fingerprint density at radius 1 is 1.17 bits per heavy atom. The first-order chi connectivity index (χ1) is 14.2. The van der Waals surface area contributed by atoms with Crippen LogP contribution in [0.2, 0.25) is 0 Å². The van der Waals surface area contributed by atoms with Gasteiger partial charge in [0, 0.05) is 11.8 Å². The Balaban J connectivity index is 1.83. The van der Waals surface area contributed by atoms with Crippen LogP contribution in [0.3, 0.4) is 0 Å². The first-order valence-electron chi connectivity index (χ1n) is 9.83. The number of nitro groups is 1. The summed E-state index contributed by atoms with van der Waals surface area (Å²) in [6.07, 6.45) is -0.822. The second-order valence-electron chi connectivity index (χ2n) is 7.94. The standard InChI is InChI=1S/C22H25N3O5/c1-13(2)15-5-7-16(8-6-15)23-20(26)12-24-18-10-9-17(25(28)29)11-19(18)30-21(14(3)4)22(24)27/h5-11,13-14,21H,12H2,1-4H3,(H,23,26). The van der Waals surface area contributed by atoms with Crippen molar-refractivity contribution >= 4 is 28.9 Å². The molecule has 1 N–H and O–H groups in total. The van der Waals surface area contributed by atoms with E-state index in [0.717, 1.165) is 5.56 Å². The Labute approximate surface area is 175 Å². The normalized spacial score (nSPS) is 15.7. The number of amides is 2. The van der Waals surface area contributed by atoms with E-state index >= 15 is 0 Å². The maximum absolute atomic E-state index is 12.9. The summed E-state index contributed by atoms with van der Waals surface area (Å²) in [5.74, 6) is -0.282. The summed E-state index contributed by atoms with van der Waals surface area (Å²) in [6.45, 7) is 7.59. The molecular weight excluding hydrogens is 386 g/mol. The molecular formula is C22H25N3O5. The largest absolute Gasteiger partial charge is 0.478 e. The van der Waals surface area contributed by atoms with Crippen LogP contribution in [-0.2, 0) is 9.59 Å². The number of non-ortho nitro benzene ring substituents is 1. The Kier molecular flexibility index (Phi) is 6.05. The van der Waals surface area contributed by atoms with E-state index < -0.39 is 11.0 Å². The molecule has 158 valence electrons. The molecule has 3 rings (SSSR count). The summed E-state index contributed by atoms with van der Waals surface area (Å²) >= 11 is 0. The van der Waals surface area contributed by atoms with Crippen molar-refractivity contribution in [2.75, 3.05) is 16.8 Å². The van der Waals surface area contributed by atoms with Crippen molar-refractivity contribution in [3.63, 3.8) is 0 Å². The van der Waals surface area contributed by atoms with Gasteiger partial charge >= 0.3 is 0 Å². The molecule has 1 heterocycles. The van der Waals surface area contributed by atoms with Gasteiger partial charge in [-0.1, -0.05) is 39.8 Å². The molecule has 0 radical (unpaired) electrons. The Bertz CT molecular complexity index is 969. The summed E-state index contributed by atoms with van der Waals surface area (Å²) in [5.41, 5.74) is 1.99. The minimum atomic E-state index is -0.822. The van der Waals surface area contributed by atoms with Crippen LogP contribution in [0.25, 0.3) is 0 Å². The van der Waals surface area contributed by atoms with Gasteiger partial charge in [-0.25, -0.2) is 0 Å². The molecule has 2 aromatic carbocycles. The van der Waals surface area contributed by atoms with Gasteiger partial charge in [0.2, 0.25) is 5.91 Å². The van der Waals surface area contributed by atoms with E-state index in [0.29, 0.717) is 17.3 Å². The lowest BCUT2D eigenvalue weighted by atomic mass is 10.0. The maximum atomic E-state index is 12.9. The van der Waals surface area contributed by atoms with Crippen molar-refractivity contribution < 1.29 is 19.2 Å². The van der Waals surface area contributed by atoms with Crippen LogP contribution in [0.5, 0.6) is 5.75 Å². The number of fused-ring (bicyclic) bond motifs is 1. The molecule has 0 saturated heterocycles. The SMILES string of the molecule is CC(C)c1ccc(NC(=O)CN2C(=O)C(C(C)C)Oc3cc([N+](=O)[O-])ccc32)cc1. The molecule has 1 atom stereocenters. The molecule has 0 aromatic heterocycles. The molecule has 1 unspecified atom stereocenters. The number of anilines is 2. The summed E-state index contributed by atoms with van der Waals surface area (Å²) in [7, 11) is 0. The molecule has 0 fully saturated rings. The predicted molar refractivity (Wildman–Crippen MR) is 114 cm³/mol. The lowest BCUT2D eigenvalue weighted by Crippen LogP contribution is -2.50. The highest BCUT2D eigenvalue weighted by Crippen LogP contribution is 2.38. The van der Waals surface area contributed by atoms with Gasteiger partial charge in [0.05, 0.1) is 16.7 Å². The van der Waals surface area contributed by atoms with Crippen molar-refractivity contribution in [1.29, 1.82) is 0 Å². The van der Waals surface area contributed by atoms with E-state index in [1.54, 1.807) is 0 Å². The molecule has 0 saturated carbocycles. The van der Waals surface area contributed by atoms with Crippen molar-refractivity contribution in [1.82, 2.24) is 0 Å². The fourth-order valence-electron chi connectivity index (χ4n) is 3.27. The van der Waals surface area contributed by atoms with Crippen LogP contribution < -0.4 is 15.0 Å². The smallest absolute Gasteiger partial charge is 0.273 e. The Morgan fingerprint density at radius 2 is 1.83 bits per heavy atom.